The summed E-state index contributed by atoms with van der Waals surface area (Å²) >= 11 is 0. The predicted octanol–water partition coefficient (Wildman–Crippen LogP) is 3.86. The third kappa shape index (κ3) is 3.29. The third-order valence-electron chi connectivity index (χ3n) is 3.46. The van der Waals surface area contributed by atoms with Crippen molar-refractivity contribution in [2.75, 3.05) is 6.54 Å². The maximum absolute atomic E-state index is 12.1. The molecule has 2 aromatic rings. The van der Waals surface area contributed by atoms with Crippen LogP contribution in [0.3, 0.4) is 0 Å². The fourth-order valence-electron chi connectivity index (χ4n) is 2.29. The van der Waals surface area contributed by atoms with E-state index in [0.29, 0.717) is 17.5 Å². The topological polar surface area (TPSA) is 49.3 Å². The highest BCUT2D eigenvalue weighted by molar-refractivity contribution is 6.03. The second-order valence-corrected chi connectivity index (χ2v) is 5.00. The lowest BCUT2D eigenvalue weighted by Crippen LogP contribution is -2.24. The number of amides is 1. The molecule has 0 heterocycles. The van der Waals surface area contributed by atoms with Crippen molar-refractivity contribution < 1.29 is 9.90 Å². The minimum atomic E-state index is -0.204. The van der Waals surface area contributed by atoms with Gasteiger partial charge in [-0.2, -0.15) is 0 Å². The molecule has 0 unspecified atom stereocenters. The van der Waals surface area contributed by atoms with Crippen LogP contribution >= 0.6 is 0 Å². The molecule has 0 aliphatic rings. The van der Waals surface area contributed by atoms with E-state index in [1.807, 2.05) is 30.3 Å². The number of phenols is 1. The lowest BCUT2D eigenvalue weighted by Gasteiger charge is -2.09. The summed E-state index contributed by atoms with van der Waals surface area (Å²) in [5.74, 6) is -0.140. The molecular weight excluding hydrogens is 250 g/mol. The molecule has 1 amide bonds. The summed E-state index contributed by atoms with van der Waals surface area (Å²) in [6, 6.07) is 11.0. The van der Waals surface area contributed by atoms with Crippen molar-refractivity contribution in [3.63, 3.8) is 0 Å². The molecule has 0 atom stereocenters. The van der Waals surface area contributed by atoms with Crippen molar-refractivity contribution in [1.82, 2.24) is 5.32 Å². The van der Waals surface area contributed by atoms with E-state index < -0.39 is 0 Å². The molecule has 0 aliphatic heterocycles. The van der Waals surface area contributed by atoms with Gasteiger partial charge in [-0.05, 0) is 17.9 Å². The lowest BCUT2D eigenvalue weighted by molar-refractivity contribution is 0.0950. The average Bonchev–Trinajstić information content (AvgIpc) is 2.47. The van der Waals surface area contributed by atoms with Gasteiger partial charge in [0.25, 0.3) is 5.91 Å². The SMILES string of the molecule is CCCCCCNC(=O)c1ccc2ccccc2c1O. The second kappa shape index (κ2) is 6.94. The van der Waals surface area contributed by atoms with Crippen molar-refractivity contribution in [3.05, 3.63) is 42.0 Å². The number of hydrogen-bond donors (Lipinski definition) is 2. The molecule has 0 radical (unpaired) electrons. The molecule has 3 heteroatoms. The Morgan fingerprint density at radius 3 is 2.70 bits per heavy atom. The summed E-state index contributed by atoms with van der Waals surface area (Å²) < 4.78 is 0. The number of nitrogens with one attached hydrogen (secondary N) is 1. The van der Waals surface area contributed by atoms with Gasteiger partial charge < -0.3 is 10.4 Å². The smallest absolute Gasteiger partial charge is 0.255 e. The maximum atomic E-state index is 12.1. The van der Waals surface area contributed by atoms with Crippen LogP contribution in [-0.2, 0) is 0 Å². The quantitative estimate of drug-likeness (QED) is 0.784. The Balaban J connectivity index is 2.05. The first kappa shape index (κ1) is 14.4. The minimum Gasteiger partial charge on any atom is -0.506 e. The largest absolute Gasteiger partial charge is 0.506 e. The van der Waals surface area contributed by atoms with Crippen LogP contribution in [0.2, 0.25) is 0 Å². The van der Waals surface area contributed by atoms with Crippen LogP contribution in [0.4, 0.5) is 0 Å². The first-order chi connectivity index (χ1) is 9.74. The zero-order chi connectivity index (χ0) is 14.4. The summed E-state index contributed by atoms with van der Waals surface area (Å²) in [6.45, 7) is 2.82. The number of rotatable bonds is 6. The highest BCUT2D eigenvalue weighted by atomic mass is 16.3. The molecule has 20 heavy (non-hydrogen) atoms. The maximum Gasteiger partial charge on any atom is 0.255 e. The van der Waals surface area contributed by atoms with Gasteiger partial charge in [0.15, 0.2) is 0 Å². The van der Waals surface area contributed by atoms with Gasteiger partial charge in [-0.1, -0.05) is 56.5 Å². The van der Waals surface area contributed by atoms with E-state index >= 15 is 0 Å². The monoisotopic (exact) mass is 271 g/mol. The van der Waals surface area contributed by atoms with Gasteiger partial charge in [0, 0.05) is 11.9 Å². The predicted molar refractivity (Wildman–Crippen MR) is 82.1 cm³/mol. The van der Waals surface area contributed by atoms with Crippen molar-refractivity contribution in [3.8, 4) is 5.75 Å². The molecule has 0 saturated carbocycles. The Bertz CT molecular complexity index is 593. The van der Waals surface area contributed by atoms with Crippen molar-refractivity contribution in [2.45, 2.75) is 32.6 Å². The molecular formula is C17H21NO2. The minimum absolute atomic E-state index is 0.0640. The Hall–Kier alpha value is -2.03. The van der Waals surface area contributed by atoms with Crippen LogP contribution in [0.15, 0.2) is 36.4 Å². The van der Waals surface area contributed by atoms with Crippen LogP contribution in [0.25, 0.3) is 10.8 Å². The second-order valence-electron chi connectivity index (χ2n) is 5.00. The molecule has 0 bridgehead atoms. The number of phenolic OH excluding ortho intramolecular Hbond substituents is 1. The van der Waals surface area contributed by atoms with E-state index in [1.165, 1.54) is 12.8 Å². The molecule has 2 N–H and O–H groups in total. The Kier molecular flexibility index (Phi) is 4.99. The van der Waals surface area contributed by atoms with Crippen LogP contribution in [-0.4, -0.2) is 17.6 Å². The molecule has 2 rings (SSSR count). The van der Waals surface area contributed by atoms with Gasteiger partial charge in [-0.25, -0.2) is 0 Å². The first-order valence-corrected chi connectivity index (χ1v) is 7.23. The van der Waals surface area contributed by atoms with Gasteiger partial charge in [0.2, 0.25) is 0 Å². The van der Waals surface area contributed by atoms with Crippen LogP contribution in [0.1, 0.15) is 43.0 Å². The van der Waals surface area contributed by atoms with E-state index in [-0.39, 0.29) is 11.7 Å². The highest BCUT2D eigenvalue weighted by Crippen LogP contribution is 2.28. The van der Waals surface area contributed by atoms with Crippen LogP contribution in [0.5, 0.6) is 5.75 Å². The van der Waals surface area contributed by atoms with Gasteiger partial charge in [-0.15, -0.1) is 0 Å². The zero-order valence-electron chi connectivity index (χ0n) is 11.9. The Morgan fingerprint density at radius 1 is 1.10 bits per heavy atom. The van der Waals surface area contributed by atoms with E-state index in [2.05, 4.69) is 12.2 Å². The molecule has 0 fully saturated rings. The number of aromatic hydroxyl groups is 1. The van der Waals surface area contributed by atoms with Crippen LogP contribution < -0.4 is 5.32 Å². The molecule has 0 spiro atoms. The van der Waals surface area contributed by atoms with Crippen molar-refractivity contribution in [2.24, 2.45) is 0 Å². The number of fused-ring (bicyclic) bond motifs is 1. The standard InChI is InChI=1S/C17H21NO2/c1-2-3-4-7-12-18-17(20)15-11-10-13-8-5-6-9-14(13)16(15)19/h5-6,8-11,19H,2-4,7,12H2,1H3,(H,18,20). The number of hydrogen-bond acceptors (Lipinski definition) is 2. The lowest BCUT2D eigenvalue weighted by atomic mass is 10.0. The summed E-state index contributed by atoms with van der Waals surface area (Å²) in [4.78, 5) is 12.1. The summed E-state index contributed by atoms with van der Waals surface area (Å²) in [5, 5.41) is 14.7. The molecule has 0 saturated heterocycles. The molecule has 106 valence electrons. The van der Waals surface area contributed by atoms with Crippen molar-refractivity contribution >= 4 is 16.7 Å². The highest BCUT2D eigenvalue weighted by Gasteiger charge is 2.12. The summed E-state index contributed by atoms with van der Waals surface area (Å²) in [5.41, 5.74) is 0.346. The summed E-state index contributed by atoms with van der Waals surface area (Å²) in [7, 11) is 0. The number of unbranched alkanes of at least 4 members (excludes halogenated alkanes) is 3. The number of benzene rings is 2. The first-order valence-electron chi connectivity index (χ1n) is 7.23. The van der Waals surface area contributed by atoms with Gasteiger partial charge in [-0.3, -0.25) is 4.79 Å². The van der Waals surface area contributed by atoms with E-state index in [1.54, 1.807) is 6.07 Å². The van der Waals surface area contributed by atoms with Gasteiger partial charge >= 0.3 is 0 Å². The van der Waals surface area contributed by atoms with E-state index in [4.69, 9.17) is 0 Å². The summed E-state index contributed by atoms with van der Waals surface area (Å²) in [6.07, 6.45) is 4.48. The number of carbonyl (C=O) groups excluding carboxylic acids is 1. The average molecular weight is 271 g/mol. The van der Waals surface area contributed by atoms with E-state index in [9.17, 15) is 9.90 Å². The molecule has 2 aromatic carbocycles. The zero-order valence-corrected chi connectivity index (χ0v) is 11.9. The van der Waals surface area contributed by atoms with Gasteiger partial charge in [0.05, 0.1) is 5.56 Å². The Morgan fingerprint density at radius 2 is 1.90 bits per heavy atom. The fourth-order valence-corrected chi connectivity index (χ4v) is 2.29. The molecule has 0 aliphatic carbocycles. The van der Waals surface area contributed by atoms with Gasteiger partial charge in [0.1, 0.15) is 5.75 Å². The number of carbonyl (C=O) groups is 1. The van der Waals surface area contributed by atoms with Crippen LogP contribution in [0, 0.1) is 0 Å². The Labute approximate surface area is 119 Å². The molecule has 3 nitrogen and oxygen atoms in total. The third-order valence-corrected chi connectivity index (χ3v) is 3.46. The normalized spacial score (nSPS) is 10.7. The fraction of sp³-hybridized carbons (Fsp3) is 0.353. The molecule has 0 aromatic heterocycles. The van der Waals surface area contributed by atoms with E-state index in [0.717, 1.165) is 18.2 Å². The van der Waals surface area contributed by atoms with Crippen molar-refractivity contribution in [1.29, 1.82) is 0 Å².